The zero-order valence-electron chi connectivity index (χ0n) is 23.2. The van der Waals surface area contributed by atoms with E-state index >= 15 is 0 Å². The van der Waals surface area contributed by atoms with Gasteiger partial charge in [0, 0.05) is 12.2 Å². The van der Waals surface area contributed by atoms with E-state index in [4.69, 9.17) is 9.47 Å². The SMILES string of the molecule is CCOc1cc(/C=N\NC(=O)C(=O)NCc2ccc(C)cc2)cc(Br)c1OCC(=O)Nc1c(C)cc(C)cc1C. The van der Waals surface area contributed by atoms with Crippen LogP contribution in [-0.4, -0.2) is 37.1 Å². The summed E-state index contributed by atoms with van der Waals surface area (Å²) in [6.07, 6.45) is 1.37. The summed E-state index contributed by atoms with van der Waals surface area (Å²) in [5.41, 5.74) is 8.60. The molecule has 3 rings (SSSR count). The predicted octanol–water partition coefficient (Wildman–Crippen LogP) is 4.87. The fraction of sp³-hybridized carbons (Fsp3) is 0.267. The molecule has 0 saturated heterocycles. The van der Waals surface area contributed by atoms with Crippen LogP contribution in [0.15, 0.2) is 58.1 Å². The lowest BCUT2D eigenvalue weighted by atomic mass is 10.1. The fourth-order valence-electron chi connectivity index (χ4n) is 3.94. The molecule has 3 aromatic rings. The Kier molecular flexibility index (Phi) is 10.8. The molecular weight excluding hydrogens is 576 g/mol. The number of nitrogens with zero attached hydrogens (tertiary/aromatic N) is 1. The van der Waals surface area contributed by atoms with E-state index in [1.165, 1.54) is 6.21 Å². The Balaban J connectivity index is 1.59. The summed E-state index contributed by atoms with van der Waals surface area (Å²) in [6.45, 7) is 10.0. The number of amides is 3. The van der Waals surface area contributed by atoms with Gasteiger partial charge in [-0.15, -0.1) is 0 Å². The van der Waals surface area contributed by atoms with E-state index in [1.807, 2.05) is 71.0 Å². The van der Waals surface area contributed by atoms with Crippen molar-refractivity contribution in [2.24, 2.45) is 5.10 Å². The molecule has 0 heterocycles. The Labute approximate surface area is 242 Å². The standard InChI is InChI=1S/C30H33BrN4O5/c1-6-39-25-14-23(16-33-35-30(38)29(37)32-15-22-9-7-18(2)8-10-22)13-24(31)28(25)40-17-26(36)34-27-20(4)11-19(3)12-21(27)5/h7-14,16H,6,15,17H2,1-5H3,(H,32,37)(H,34,36)(H,35,38)/b33-16-. The summed E-state index contributed by atoms with van der Waals surface area (Å²) in [7, 11) is 0. The van der Waals surface area contributed by atoms with E-state index in [0.29, 0.717) is 28.1 Å². The number of carbonyl (C=O) groups excluding carboxylic acids is 3. The molecule has 0 bridgehead atoms. The van der Waals surface area contributed by atoms with E-state index in [1.54, 1.807) is 12.1 Å². The van der Waals surface area contributed by atoms with Gasteiger partial charge in [-0.2, -0.15) is 5.10 Å². The minimum Gasteiger partial charge on any atom is -0.490 e. The molecule has 210 valence electrons. The van der Waals surface area contributed by atoms with E-state index < -0.39 is 11.8 Å². The first-order valence-electron chi connectivity index (χ1n) is 12.7. The molecule has 3 aromatic carbocycles. The van der Waals surface area contributed by atoms with Gasteiger partial charge >= 0.3 is 11.8 Å². The zero-order valence-corrected chi connectivity index (χ0v) is 24.8. The topological polar surface area (TPSA) is 118 Å². The van der Waals surface area contributed by atoms with E-state index in [0.717, 1.165) is 33.5 Å². The average Bonchev–Trinajstić information content (AvgIpc) is 2.89. The minimum absolute atomic E-state index is 0.227. The normalized spacial score (nSPS) is 10.8. The van der Waals surface area contributed by atoms with Gasteiger partial charge in [0.2, 0.25) is 0 Å². The molecule has 3 N–H and O–H groups in total. The van der Waals surface area contributed by atoms with Crippen LogP contribution >= 0.6 is 15.9 Å². The van der Waals surface area contributed by atoms with Gasteiger partial charge in [0.25, 0.3) is 5.91 Å². The lowest BCUT2D eigenvalue weighted by Gasteiger charge is -2.16. The van der Waals surface area contributed by atoms with Crippen molar-refractivity contribution < 1.29 is 23.9 Å². The Hall–Kier alpha value is -4.18. The highest BCUT2D eigenvalue weighted by Gasteiger charge is 2.16. The molecule has 9 nitrogen and oxygen atoms in total. The highest BCUT2D eigenvalue weighted by molar-refractivity contribution is 9.10. The van der Waals surface area contributed by atoms with Gasteiger partial charge in [0.05, 0.1) is 17.3 Å². The average molecular weight is 610 g/mol. The summed E-state index contributed by atoms with van der Waals surface area (Å²) < 4.78 is 12.0. The van der Waals surface area contributed by atoms with Crippen LogP contribution < -0.4 is 25.5 Å². The number of aryl methyl sites for hydroxylation is 4. The van der Waals surface area contributed by atoms with Gasteiger partial charge in [-0.25, -0.2) is 5.43 Å². The Morgan fingerprint density at radius 2 is 1.57 bits per heavy atom. The lowest BCUT2D eigenvalue weighted by molar-refractivity contribution is -0.139. The lowest BCUT2D eigenvalue weighted by Crippen LogP contribution is -2.37. The maximum atomic E-state index is 12.6. The van der Waals surface area contributed by atoms with Gasteiger partial charge in [0.1, 0.15) is 0 Å². The quantitative estimate of drug-likeness (QED) is 0.172. The minimum atomic E-state index is -0.891. The molecule has 0 atom stereocenters. The number of carbonyl (C=O) groups is 3. The van der Waals surface area contributed by atoms with Gasteiger partial charge in [-0.05, 0) is 84.9 Å². The molecule has 0 spiro atoms. The number of benzene rings is 3. The summed E-state index contributed by atoms with van der Waals surface area (Å²) in [5, 5.41) is 9.34. The van der Waals surface area contributed by atoms with Crippen molar-refractivity contribution in [1.82, 2.24) is 10.7 Å². The number of halogens is 1. The number of hydrogen-bond acceptors (Lipinski definition) is 6. The second-order valence-corrected chi connectivity index (χ2v) is 10.1. The van der Waals surface area contributed by atoms with Crippen LogP contribution in [0.2, 0.25) is 0 Å². The van der Waals surface area contributed by atoms with Crippen LogP contribution in [0.4, 0.5) is 5.69 Å². The van der Waals surface area contributed by atoms with Gasteiger partial charge in [-0.3, -0.25) is 14.4 Å². The van der Waals surface area contributed by atoms with Gasteiger partial charge < -0.3 is 20.1 Å². The Morgan fingerprint density at radius 1 is 0.900 bits per heavy atom. The van der Waals surface area contributed by atoms with Crippen LogP contribution in [0.1, 0.15) is 40.3 Å². The molecule has 0 aliphatic heterocycles. The maximum Gasteiger partial charge on any atom is 0.329 e. The van der Waals surface area contributed by atoms with Crippen molar-refractivity contribution >= 4 is 45.6 Å². The molecule has 0 aliphatic rings. The second-order valence-electron chi connectivity index (χ2n) is 9.24. The molecule has 40 heavy (non-hydrogen) atoms. The summed E-state index contributed by atoms with van der Waals surface area (Å²) >= 11 is 3.46. The zero-order chi connectivity index (χ0) is 29.2. The molecule has 0 saturated carbocycles. The molecule has 3 amide bonds. The monoisotopic (exact) mass is 608 g/mol. The highest BCUT2D eigenvalue weighted by atomic mass is 79.9. The number of anilines is 1. The molecule has 10 heteroatoms. The third-order valence-electron chi connectivity index (χ3n) is 5.78. The molecule has 0 unspecified atom stereocenters. The van der Waals surface area contributed by atoms with Crippen molar-refractivity contribution in [1.29, 1.82) is 0 Å². The van der Waals surface area contributed by atoms with Crippen LogP contribution in [0, 0.1) is 27.7 Å². The number of hydrazone groups is 1. The van der Waals surface area contributed by atoms with Gasteiger partial charge in [-0.1, -0.05) is 47.5 Å². The number of ether oxygens (including phenoxy) is 2. The number of rotatable bonds is 10. The van der Waals surface area contributed by atoms with Crippen LogP contribution in [0.3, 0.4) is 0 Å². The van der Waals surface area contributed by atoms with Crippen LogP contribution in [0.25, 0.3) is 0 Å². The van der Waals surface area contributed by atoms with E-state index in [2.05, 4.69) is 37.1 Å². The largest absolute Gasteiger partial charge is 0.490 e. The van der Waals surface area contributed by atoms with Crippen molar-refractivity contribution in [2.45, 2.75) is 41.2 Å². The van der Waals surface area contributed by atoms with Crippen molar-refractivity contribution in [3.05, 3.63) is 86.4 Å². The van der Waals surface area contributed by atoms with Crippen molar-refractivity contribution in [3.8, 4) is 11.5 Å². The summed E-state index contributed by atoms with van der Waals surface area (Å²) in [6, 6.07) is 15.0. The number of nitrogens with one attached hydrogen (secondary N) is 3. The molecule has 0 aliphatic carbocycles. The summed E-state index contributed by atoms with van der Waals surface area (Å²) in [5.74, 6) is -1.26. The van der Waals surface area contributed by atoms with E-state index in [-0.39, 0.29) is 19.1 Å². The molecule has 0 aromatic heterocycles. The first-order chi connectivity index (χ1) is 19.1. The smallest absolute Gasteiger partial charge is 0.329 e. The third-order valence-corrected chi connectivity index (χ3v) is 6.37. The number of hydrogen-bond donors (Lipinski definition) is 3. The van der Waals surface area contributed by atoms with Crippen LogP contribution in [0.5, 0.6) is 11.5 Å². The fourth-order valence-corrected chi connectivity index (χ4v) is 4.51. The predicted molar refractivity (Wildman–Crippen MR) is 159 cm³/mol. The molecular formula is C30H33BrN4O5. The first-order valence-corrected chi connectivity index (χ1v) is 13.5. The Morgan fingerprint density at radius 3 is 2.23 bits per heavy atom. The second kappa shape index (κ2) is 14.3. The molecule has 0 radical (unpaired) electrons. The van der Waals surface area contributed by atoms with Crippen molar-refractivity contribution in [2.75, 3.05) is 18.5 Å². The van der Waals surface area contributed by atoms with E-state index in [9.17, 15) is 14.4 Å². The van der Waals surface area contributed by atoms with Gasteiger partial charge in [0.15, 0.2) is 18.1 Å². The summed E-state index contributed by atoms with van der Waals surface area (Å²) in [4.78, 5) is 36.8. The van der Waals surface area contributed by atoms with Crippen molar-refractivity contribution in [3.63, 3.8) is 0 Å². The Bertz CT molecular complexity index is 1400. The van der Waals surface area contributed by atoms with Crippen LogP contribution in [-0.2, 0) is 20.9 Å². The first kappa shape index (κ1) is 30.4. The third kappa shape index (κ3) is 8.67. The maximum absolute atomic E-state index is 12.6. The highest BCUT2D eigenvalue weighted by Crippen LogP contribution is 2.36. The molecule has 0 fully saturated rings.